The second kappa shape index (κ2) is 16.7. The Morgan fingerprint density at radius 1 is 1.42 bits per heavy atom. The van der Waals surface area contributed by atoms with E-state index in [4.69, 9.17) is 9.59 Å². The quantitative estimate of drug-likeness (QED) is 0.481. The molecule has 0 bridgehead atoms. The van der Waals surface area contributed by atoms with E-state index in [0.29, 0.717) is 0 Å². The average Bonchev–Trinajstić information content (AvgIpc) is 2.67. The van der Waals surface area contributed by atoms with Crippen LogP contribution in [-0.2, 0) is 25.8 Å². The van der Waals surface area contributed by atoms with Gasteiger partial charge in [-0.1, -0.05) is 0 Å². The summed E-state index contributed by atoms with van der Waals surface area (Å²) < 4.78 is 2.87. The number of carbonyl (C=O) groups excluding carboxylic acids is 2. The van der Waals surface area contributed by atoms with Gasteiger partial charge in [0.15, 0.2) is 0 Å². The summed E-state index contributed by atoms with van der Waals surface area (Å²) in [6.45, 7) is 5.00. The first kappa shape index (κ1) is 13.8. The molecule has 0 aromatic carbocycles. The smallest absolute Gasteiger partial charge is 0.109 e. The summed E-state index contributed by atoms with van der Waals surface area (Å²) in [5, 5.41) is 0. The van der Waals surface area contributed by atoms with Crippen LogP contribution in [0.5, 0.6) is 0 Å². The molecule has 0 unspecified atom stereocenters. The van der Waals surface area contributed by atoms with Crippen molar-refractivity contribution < 1.29 is 25.8 Å². The zero-order chi connectivity index (χ0) is 9.66. The third kappa shape index (κ3) is 16.1. The van der Waals surface area contributed by atoms with Gasteiger partial charge in [-0.05, 0) is 0 Å². The molecule has 1 aliphatic carbocycles. The van der Waals surface area contributed by atoms with E-state index in [1.54, 1.807) is 6.92 Å². The van der Waals surface area contributed by atoms with Crippen molar-refractivity contribution in [2.24, 2.45) is 0 Å². The fraction of sp³-hybridized carbons (Fsp3) is 0.222. The van der Waals surface area contributed by atoms with Crippen LogP contribution in [0.15, 0.2) is 18.2 Å². The summed E-state index contributed by atoms with van der Waals surface area (Å²) in [4.78, 5) is 18.1. The zero-order valence-electron chi connectivity index (χ0n) is 6.82. The third-order valence-electron chi connectivity index (χ3n) is 0.658. The summed E-state index contributed by atoms with van der Waals surface area (Å²) in [6, 6.07) is 0. The van der Waals surface area contributed by atoms with Crippen LogP contribution in [0, 0.1) is 13.0 Å². The Kier molecular flexibility index (Phi) is 19.2. The topological polar surface area (TPSA) is 34.1 Å². The molecule has 0 radical (unpaired) electrons. The Morgan fingerprint density at radius 2 is 2.00 bits per heavy atom. The Labute approximate surface area is 79.6 Å². The van der Waals surface area contributed by atoms with Gasteiger partial charge >= 0.3 is 34.8 Å². The van der Waals surface area contributed by atoms with Crippen molar-refractivity contribution in [3.63, 3.8) is 0 Å². The van der Waals surface area contributed by atoms with Crippen LogP contribution in [0.25, 0.3) is 0 Å². The van der Waals surface area contributed by atoms with E-state index in [0.717, 1.165) is 6.42 Å². The first-order valence-corrected chi connectivity index (χ1v) is 4.92. The Bertz CT molecular complexity index is 215. The zero-order valence-corrected chi connectivity index (χ0v) is 8.55. The molecule has 12 heavy (non-hydrogen) atoms. The first-order chi connectivity index (χ1) is 5.91. The molecule has 3 heteroatoms. The molecule has 1 aliphatic rings. The SMILES string of the molecule is O=[C]=[Ru]=[C]=O.[C-]1=CC=CC1.[CH2-]C. The van der Waals surface area contributed by atoms with E-state index in [2.05, 4.69) is 19.1 Å². The number of rotatable bonds is 0. The summed E-state index contributed by atoms with van der Waals surface area (Å²) in [7, 11) is 0. The van der Waals surface area contributed by atoms with Gasteiger partial charge in [0.05, 0.1) is 0 Å². The van der Waals surface area contributed by atoms with E-state index >= 15 is 0 Å². The number of hydrogen-bond donors (Lipinski definition) is 0. The largest absolute Gasteiger partial charge is 0.346 e. The van der Waals surface area contributed by atoms with Crippen molar-refractivity contribution in [3.8, 4) is 0 Å². The van der Waals surface area contributed by atoms with E-state index in [9.17, 15) is 0 Å². The van der Waals surface area contributed by atoms with Gasteiger partial charge in [-0.2, -0.15) is 13.0 Å². The molecule has 0 saturated heterocycles. The fourth-order valence-electron chi connectivity index (χ4n) is 0.355. The van der Waals surface area contributed by atoms with Crippen LogP contribution < -0.4 is 0 Å². The Balaban J connectivity index is 0. The molecule has 0 N–H and O–H groups in total. The molecule has 0 aromatic heterocycles. The monoisotopic (exact) mass is 252 g/mol. The molecular formula is C9H10O2Ru-2. The minimum Gasteiger partial charge on any atom is -0.346 e. The maximum Gasteiger partial charge on any atom is -0.109 e. The summed E-state index contributed by atoms with van der Waals surface area (Å²) in [5.41, 5.74) is 0. The van der Waals surface area contributed by atoms with Gasteiger partial charge in [0.1, 0.15) is 0 Å². The third-order valence-corrected chi connectivity index (χ3v) is 1.01. The first-order valence-electron chi connectivity index (χ1n) is 3.19. The van der Waals surface area contributed by atoms with Crippen LogP contribution in [0.4, 0.5) is 0 Å². The predicted octanol–water partition coefficient (Wildman–Crippen LogP) is 1.35. The van der Waals surface area contributed by atoms with E-state index < -0.39 is 16.2 Å². The Morgan fingerprint density at radius 3 is 2.08 bits per heavy atom. The van der Waals surface area contributed by atoms with Gasteiger partial charge in [0.2, 0.25) is 0 Å². The minimum absolute atomic E-state index is 0.842. The molecule has 0 aliphatic heterocycles. The summed E-state index contributed by atoms with van der Waals surface area (Å²) in [6.07, 6.45) is 10.0. The van der Waals surface area contributed by atoms with Crippen molar-refractivity contribution >= 4 is 8.95 Å². The van der Waals surface area contributed by atoms with Crippen molar-refractivity contribution in [1.82, 2.24) is 0 Å². The molecule has 2 nitrogen and oxygen atoms in total. The van der Waals surface area contributed by atoms with E-state index in [-0.39, 0.29) is 0 Å². The summed E-state index contributed by atoms with van der Waals surface area (Å²) in [5.74, 6) is 0. The van der Waals surface area contributed by atoms with Crippen molar-refractivity contribution in [2.75, 3.05) is 0 Å². The van der Waals surface area contributed by atoms with Crippen molar-refractivity contribution in [1.29, 1.82) is 0 Å². The van der Waals surface area contributed by atoms with Gasteiger partial charge < -0.3 is 6.92 Å². The maximum absolute atomic E-state index is 9.06. The van der Waals surface area contributed by atoms with E-state index in [1.165, 1.54) is 8.95 Å². The van der Waals surface area contributed by atoms with E-state index in [1.807, 2.05) is 12.2 Å². The molecule has 0 heterocycles. The van der Waals surface area contributed by atoms with Crippen LogP contribution in [-0.4, -0.2) is 8.95 Å². The van der Waals surface area contributed by atoms with Gasteiger partial charge in [0, 0.05) is 0 Å². The molecular weight excluding hydrogens is 241 g/mol. The van der Waals surface area contributed by atoms with Gasteiger partial charge in [-0.3, -0.25) is 6.08 Å². The van der Waals surface area contributed by atoms with Gasteiger partial charge in [0.25, 0.3) is 0 Å². The van der Waals surface area contributed by atoms with Gasteiger partial charge in [-0.15, -0.1) is 6.42 Å². The second-order valence-corrected chi connectivity index (χ2v) is 2.38. The maximum atomic E-state index is 9.06. The summed E-state index contributed by atoms with van der Waals surface area (Å²) >= 11 is -0.842. The molecule has 1 rings (SSSR count). The molecule has 68 valence electrons. The molecule has 0 amide bonds. The molecule has 0 spiro atoms. The normalized spacial score (nSPS) is 9.83. The fourth-order valence-corrected chi connectivity index (χ4v) is 0.427. The predicted molar refractivity (Wildman–Crippen MR) is 44.0 cm³/mol. The second-order valence-electron chi connectivity index (χ2n) is 1.24. The van der Waals surface area contributed by atoms with Crippen LogP contribution >= 0.6 is 0 Å². The molecule has 0 saturated carbocycles. The van der Waals surface area contributed by atoms with Crippen LogP contribution in [0.1, 0.15) is 13.3 Å². The standard InChI is InChI=1S/C5H5.C2H5.2CO.Ru/c1-2-4-5-3-1;3*1-2;/h1-3H,4H2;1H2,2H3;;;/q2*-1;;;. The van der Waals surface area contributed by atoms with Crippen LogP contribution in [0.3, 0.4) is 0 Å². The molecule has 0 aromatic rings. The van der Waals surface area contributed by atoms with Crippen molar-refractivity contribution in [2.45, 2.75) is 13.3 Å². The van der Waals surface area contributed by atoms with Crippen LogP contribution in [0.2, 0.25) is 0 Å². The Hall–Kier alpha value is -0.737. The minimum atomic E-state index is -0.842. The molecule has 0 fully saturated rings. The number of hydrogen-bond acceptors (Lipinski definition) is 2. The molecule has 0 atom stereocenters. The van der Waals surface area contributed by atoms with Gasteiger partial charge in [-0.25, -0.2) is 12.2 Å². The van der Waals surface area contributed by atoms with Crippen molar-refractivity contribution in [3.05, 3.63) is 31.2 Å². The number of allylic oxidation sites excluding steroid dienone is 4. The average molecular weight is 251 g/mol.